The molecule has 2 aromatic carbocycles. The van der Waals surface area contributed by atoms with Crippen molar-refractivity contribution in [2.45, 2.75) is 33.1 Å². The maximum atomic E-state index is 13.2. The van der Waals surface area contributed by atoms with Crippen LogP contribution in [-0.2, 0) is 5.41 Å². The van der Waals surface area contributed by atoms with Gasteiger partial charge in [-0.1, -0.05) is 48.8 Å². The van der Waals surface area contributed by atoms with Gasteiger partial charge in [0.15, 0.2) is 11.6 Å². The van der Waals surface area contributed by atoms with Crippen LogP contribution < -0.4 is 10.9 Å². The molecule has 0 saturated carbocycles. The van der Waals surface area contributed by atoms with Crippen LogP contribution in [0, 0.1) is 6.92 Å². The lowest BCUT2D eigenvalue weighted by atomic mass is 9.87. The smallest absolute Gasteiger partial charge is 0.279 e. The molecule has 4 aromatic rings. The minimum atomic E-state index is -0.167. The molecule has 0 atom stereocenters. The fourth-order valence-electron chi connectivity index (χ4n) is 3.19. The van der Waals surface area contributed by atoms with E-state index in [9.17, 15) is 4.79 Å². The van der Waals surface area contributed by atoms with Crippen molar-refractivity contribution < 1.29 is 0 Å². The third-order valence-electron chi connectivity index (χ3n) is 4.79. The molecule has 7 heteroatoms. The maximum Gasteiger partial charge on any atom is 0.279 e. The first kappa shape index (κ1) is 19.4. The van der Waals surface area contributed by atoms with Gasteiger partial charge in [-0.05, 0) is 48.2 Å². The Morgan fingerprint density at radius 2 is 1.76 bits per heavy atom. The summed E-state index contributed by atoms with van der Waals surface area (Å²) in [5.74, 6) is 1.21. The van der Waals surface area contributed by atoms with E-state index in [-0.39, 0.29) is 11.0 Å². The first-order valence-corrected chi connectivity index (χ1v) is 10.1. The van der Waals surface area contributed by atoms with Crippen molar-refractivity contribution >= 4 is 38.3 Å². The molecular formula is C22H22BrN5O. The molecule has 0 spiro atoms. The molecule has 0 aliphatic heterocycles. The van der Waals surface area contributed by atoms with Crippen molar-refractivity contribution in [1.82, 2.24) is 20.0 Å². The van der Waals surface area contributed by atoms with Gasteiger partial charge in [-0.2, -0.15) is 9.78 Å². The minimum absolute atomic E-state index is 0.0388. The molecule has 0 aliphatic rings. The third-order valence-corrected chi connectivity index (χ3v) is 5.28. The van der Waals surface area contributed by atoms with E-state index in [1.54, 1.807) is 0 Å². The van der Waals surface area contributed by atoms with Crippen LogP contribution in [0.3, 0.4) is 0 Å². The number of fused-ring (bicyclic) bond motifs is 1. The van der Waals surface area contributed by atoms with Crippen LogP contribution in [0.5, 0.6) is 0 Å². The third kappa shape index (κ3) is 3.82. The molecular weight excluding hydrogens is 430 g/mol. The SMILES string of the molecule is Cc1cc(Nc2nn(-c3ccc(C(C)(C)C)cc3)c(=O)c3ccc(Br)cc23)n[nH]1. The zero-order valence-electron chi connectivity index (χ0n) is 16.7. The number of anilines is 2. The Morgan fingerprint density at radius 3 is 2.38 bits per heavy atom. The topological polar surface area (TPSA) is 75.6 Å². The molecule has 2 heterocycles. The maximum absolute atomic E-state index is 13.2. The summed E-state index contributed by atoms with van der Waals surface area (Å²) in [5, 5.41) is 16.3. The van der Waals surface area contributed by atoms with E-state index in [0.29, 0.717) is 22.7 Å². The van der Waals surface area contributed by atoms with Gasteiger partial charge in [-0.25, -0.2) is 0 Å². The summed E-state index contributed by atoms with van der Waals surface area (Å²) in [4.78, 5) is 13.2. The van der Waals surface area contributed by atoms with Gasteiger partial charge in [-0.3, -0.25) is 9.89 Å². The number of hydrogen-bond donors (Lipinski definition) is 2. The highest BCUT2D eigenvalue weighted by molar-refractivity contribution is 9.10. The van der Waals surface area contributed by atoms with E-state index in [2.05, 4.69) is 57.3 Å². The van der Waals surface area contributed by atoms with Gasteiger partial charge in [-0.15, -0.1) is 5.10 Å². The van der Waals surface area contributed by atoms with E-state index < -0.39 is 0 Å². The monoisotopic (exact) mass is 451 g/mol. The molecule has 148 valence electrons. The van der Waals surface area contributed by atoms with E-state index >= 15 is 0 Å². The predicted octanol–water partition coefficient (Wildman–Crippen LogP) is 5.22. The van der Waals surface area contributed by atoms with Gasteiger partial charge < -0.3 is 5.32 Å². The highest BCUT2D eigenvalue weighted by Gasteiger charge is 2.16. The lowest BCUT2D eigenvalue weighted by molar-refractivity contribution is 0.590. The number of hydrogen-bond acceptors (Lipinski definition) is 4. The summed E-state index contributed by atoms with van der Waals surface area (Å²) in [7, 11) is 0. The molecule has 2 N–H and O–H groups in total. The van der Waals surface area contributed by atoms with Gasteiger partial charge in [0.25, 0.3) is 5.56 Å². The fourth-order valence-corrected chi connectivity index (χ4v) is 3.55. The van der Waals surface area contributed by atoms with Gasteiger partial charge in [0, 0.05) is 21.6 Å². The number of aryl methyl sites for hydroxylation is 1. The first-order chi connectivity index (χ1) is 13.7. The lowest BCUT2D eigenvalue weighted by Gasteiger charge is -2.19. The van der Waals surface area contributed by atoms with Crippen molar-refractivity contribution in [2.24, 2.45) is 0 Å². The second-order valence-electron chi connectivity index (χ2n) is 8.11. The average Bonchev–Trinajstić information content (AvgIpc) is 3.08. The van der Waals surface area contributed by atoms with Crippen molar-refractivity contribution in [3.05, 3.63) is 74.6 Å². The number of nitrogens with one attached hydrogen (secondary N) is 2. The Labute approximate surface area is 177 Å². The molecule has 0 unspecified atom stereocenters. The molecule has 0 radical (unpaired) electrons. The normalized spacial score (nSPS) is 11.8. The Hall–Kier alpha value is -2.93. The quantitative estimate of drug-likeness (QED) is 0.447. The van der Waals surface area contributed by atoms with Crippen LogP contribution in [0.25, 0.3) is 16.5 Å². The fraction of sp³-hybridized carbons (Fsp3) is 0.227. The van der Waals surface area contributed by atoms with Crippen LogP contribution in [0.1, 0.15) is 32.0 Å². The van der Waals surface area contributed by atoms with Crippen LogP contribution in [0.2, 0.25) is 0 Å². The van der Waals surface area contributed by atoms with Crippen LogP contribution >= 0.6 is 15.9 Å². The highest BCUT2D eigenvalue weighted by atomic mass is 79.9. The predicted molar refractivity (Wildman–Crippen MR) is 120 cm³/mol. The number of rotatable bonds is 3. The Morgan fingerprint density at radius 1 is 1.03 bits per heavy atom. The van der Waals surface area contributed by atoms with Crippen molar-refractivity contribution in [1.29, 1.82) is 0 Å². The van der Waals surface area contributed by atoms with E-state index in [1.807, 2.05) is 55.5 Å². The van der Waals surface area contributed by atoms with Gasteiger partial charge in [0.05, 0.1) is 11.1 Å². The Kier molecular flexibility index (Phi) is 4.78. The molecule has 0 saturated heterocycles. The second-order valence-corrected chi connectivity index (χ2v) is 9.03. The van der Waals surface area contributed by atoms with Crippen LogP contribution in [-0.4, -0.2) is 20.0 Å². The Balaban J connectivity index is 1.89. The van der Waals surface area contributed by atoms with Crippen LogP contribution in [0.4, 0.5) is 11.6 Å². The number of H-pyrrole nitrogens is 1. The van der Waals surface area contributed by atoms with Crippen molar-refractivity contribution in [3.63, 3.8) is 0 Å². The molecule has 29 heavy (non-hydrogen) atoms. The number of nitrogens with zero attached hydrogens (tertiary/aromatic N) is 3. The summed E-state index contributed by atoms with van der Waals surface area (Å²) < 4.78 is 2.31. The number of halogens is 1. The zero-order valence-corrected chi connectivity index (χ0v) is 18.3. The summed E-state index contributed by atoms with van der Waals surface area (Å²) >= 11 is 3.48. The van der Waals surface area contributed by atoms with Crippen molar-refractivity contribution in [3.8, 4) is 5.69 Å². The molecule has 2 aromatic heterocycles. The van der Waals surface area contributed by atoms with Gasteiger partial charge in [0.2, 0.25) is 0 Å². The molecule has 0 aliphatic carbocycles. The highest BCUT2D eigenvalue weighted by Crippen LogP contribution is 2.27. The molecule has 4 rings (SSSR count). The van der Waals surface area contributed by atoms with E-state index in [0.717, 1.165) is 15.6 Å². The molecule has 0 amide bonds. The molecule has 0 fully saturated rings. The molecule has 0 bridgehead atoms. The summed E-state index contributed by atoms with van der Waals surface area (Å²) in [5.41, 5.74) is 2.72. The second kappa shape index (κ2) is 7.15. The number of benzene rings is 2. The largest absolute Gasteiger partial charge is 0.321 e. The number of aromatic amines is 1. The van der Waals surface area contributed by atoms with Gasteiger partial charge >= 0.3 is 0 Å². The van der Waals surface area contributed by atoms with E-state index in [1.165, 1.54) is 10.2 Å². The summed E-state index contributed by atoms with van der Waals surface area (Å²) in [6.07, 6.45) is 0. The van der Waals surface area contributed by atoms with Crippen LogP contribution in [0.15, 0.2) is 57.8 Å². The average molecular weight is 452 g/mol. The summed E-state index contributed by atoms with van der Waals surface area (Å²) in [6, 6.07) is 15.4. The van der Waals surface area contributed by atoms with Gasteiger partial charge in [0.1, 0.15) is 0 Å². The number of aromatic nitrogens is 4. The minimum Gasteiger partial charge on any atom is -0.321 e. The first-order valence-electron chi connectivity index (χ1n) is 9.35. The zero-order chi connectivity index (χ0) is 20.8. The van der Waals surface area contributed by atoms with E-state index in [4.69, 9.17) is 0 Å². The standard InChI is InChI=1S/C22H22BrN5O/c1-13-11-19(26-25-13)24-20-18-12-15(23)7-10-17(18)21(29)28(27-20)16-8-5-14(6-9-16)22(2,3)4/h5-12H,1-4H3,(H2,24,25,26,27). The molecule has 6 nitrogen and oxygen atoms in total. The lowest BCUT2D eigenvalue weighted by Crippen LogP contribution is -2.23. The van der Waals surface area contributed by atoms with Crippen molar-refractivity contribution in [2.75, 3.05) is 5.32 Å². The Bertz CT molecular complexity index is 1250. The summed E-state index contributed by atoms with van der Waals surface area (Å²) in [6.45, 7) is 8.41.